The molecule has 2 rings (SSSR count). The summed E-state index contributed by atoms with van der Waals surface area (Å²) in [5.41, 5.74) is 0.306. The maximum atomic E-state index is 13.0. The molecule has 0 radical (unpaired) electrons. The molecule has 2 amide bonds. The highest BCUT2D eigenvalue weighted by Crippen LogP contribution is 2.39. The first kappa shape index (κ1) is 14.8. The molecule has 110 valence electrons. The molecule has 0 heterocycles. The maximum Gasteiger partial charge on any atom is 0.315 e. The molecule has 1 aliphatic rings. The number of rotatable bonds is 6. The zero-order chi connectivity index (χ0) is 14.6. The Bertz CT molecular complexity index is 477. The van der Waals surface area contributed by atoms with E-state index in [1.807, 2.05) is 13.0 Å². The zero-order valence-electron chi connectivity index (χ0n) is 11.7. The minimum absolute atomic E-state index is 0.0605. The van der Waals surface area contributed by atoms with Crippen LogP contribution in [0.25, 0.3) is 0 Å². The lowest BCUT2D eigenvalue weighted by Gasteiger charge is -2.28. The van der Waals surface area contributed by atoms with Crippen LogP contribution in [0.3, 0.4) is 0 Å². The number of aliphatic hydroxyl groups is 1. The van der Waals surface area contributed by atoms with Gasteiger partial charge in [0.2, 0.25) is 0 Å². The molecule has 0 bridgehead atoms. The first-order valence-electron chi connectivity index (χ1n) is 6.95. The highest BCUT2D eigenvalue weighted by Gasteiger charge is 2.42. The van der Waals surface area contributed by atoms with Crippen molar-refractivity contribution in [1.29, 1.82) is 0 Å². The highest BCUT2D eigenvalue weighted by atomic mass is 19.1. The van der Waals surface area contributed by atoms with E-state index in [2.05, 4.69) is 10.6 Å². The molecule has 1 aliphatic carbocycles. The standard InChI is InChI=1S/C15H21FN2O2/c1-15(10-19,12-5-6-12)18-14(20)17-8-7-11-3-2-4-13(16)9-11/h2-4,9,12,19H,5-8,10H2,1H3,(H2,17,18,20). The van der Waals surface area contributed by atoms with Gasteiger partial charge in [0, 0.05) is 6.54 Å². The molecule has 3 N–H and O–H groups in total. The van der Waals surface area contributed by atoms with Gasteiger partial charge in [-0.1, -0.05) is 12.1 Å². The number of carbonyl (C=O) groups excluding carboxylic acids is 1. The van der Waals surface area contributed by atoms with E-state index in [0.717, 1.165) is 18.4 Å². The second-order valence-corrected chi connectivity index (χ2v) is 5.61. The Morgan fingerprint density at radius 1 is 1.50 bits per heavy atom. The molecule has 1 aromatic rings. The Morgan fingerprint density at radius 2 is 2.25 bits per heavy atom. The number of amides is 2. The summed E-state index contributed by atoms with van der Waals surface area (Å²) in [4.78, 5) is 11.8. The third-order valence-electron chi connectivity index (χ3n) is 3.79. The van der Waals surface area contributed by atoms with E-state index in [4.69, 9.17) is 0 Å². The number of hydrogen-bond acceptors (Lipinski definition) is 2. The van der Waals surface area contributed by atoms with Gasteiger partial charge in [0.05, 0.1) is 12.1 Å². The van der Waals surface area contributed by atoms with E-state index in [-0.39, 0.29) is 18.5 Å². The molecule has 5 heteroatoms. The topological polar surface area (TPSA) is 61.4 Å². The molecular formula is C15H21FN2O2. The van der Waals surface area contributed by atoms with Crippen molar-refractivity contribution in [3.63, 3.8) is 0 Å². The fraction of sp³-hybridized carbons (Fsp3) is 0.533. The number of urea groups is 1. The quantitative estimate of drug-likeness (QED) is 0.744. The summed E-state index contributed by atoms with van der Waals surface area (Å²) < 4.78 is 13.0. The lowest BCUT2D eigenvalue weighted by atomic mass is 9.97. The van der Waals surface area contributed by atoms with Gasteiger partial charge in [0.15, 0.2) is 0 Å². The molecule has 1 unspecified atom stereocenters. The van der Waals surface area contributed by atoms with E-state index in [0.29, 0.717) is 18.9 Å². The predicted octanol–water partition coefficient (Wildman–Crippen LogP) is 1.83. The molecular weight excluding hydrogens is 259 g/mol. The Kier molecular flexibility index (Phi) is 4.60. The van der Waals surface area contributed by atoms with Crippen molar-refractivity contribution in [3.8, 4) is 0 Å². The van der Waals surface area contributed by atoms with Crippen LogP contribution in [0.15, 0.2) is 24.3 Å². The van der Waals surface area contributed by atoms with Gasteiger partial charge in [-0.2, -0.15) is 0 Å². The number of aliphatic hydroxyl groups excluding tert-OH is 1. The lowest BCUT2D eigenvalue weighted by Crippen LogP contribution is -2.54. The van der Waals surface area contributed by atoms with Crippen molar-refractivity contribution in [1.82, 2.24) is 10.6 Å². The molecule has 0 aliphatic heterocycles. The summed E-state index contributed by atoms with van der Waals surface area (Å²) in [7, 11) is 0. The van der Waals surface area contributed by atoms with Gasteiger partial charge < -0.3 is 15.7 Å². The Hall–Kier alpha value is -1.62. The van der Waals surface area contributed by atoms with Gasteiger partial charge in [-0.15, -0.1) is 0 Å². The van der Waals surface area contributed by atoms with Gasteiger partial charge in [-0.3, -0.25) is 0 Å². The summed E-state index contributed by atoms with van der Waals surface area (Å²) in [5.74, 6) is 0.0926. The number of halogens is 1. The fourth-order valence-corrected chi connectivity index (χ4v) is 2.31. The zero-order valence-corrected chi connectivity index (χ0v) is 11.7. The van der Waals surface area contributed by atoms with E-state index >= 15 is 0 Å². The number of nitrogens with one attached hydrogen (secondary N) is 2. The van der Waals surface area contributed by atoms with Gasteiger partial charge >= 0.3 is 6.03 Å². The van der Waals surface area contributed by atoms with Crippen molar-refractivity contribution >= 4 is 6.03 Å². The van der Waals surface area contributed by atoms with Crippen LogP contribution in [0.4, 0.5) is 9.18 Å². The van der Waals surface area contributed by atoms with Crippen LogP contribution in [-0.2, 0) is 6.42 Å². The normalized spacial score (nSPS) is 17.4. The second-order valence-electron chi connectivity index (χ2n) is 5.61. The van der Waals surface area contributed by atoms with E-state index < -0.39 is 5.54 Å². The predicted molar refractivity (Wildman–Crippen MR) is 74.9 cm³/mol. The molecule has 0 aromatic heterocycles. The Labute approximate surface area is 118 Å². The molecule has 4 nitrogen and oxygen atoms in total. The van der Waals surface area contributed by atoms with Crippen molar-refractivity contribution in [3.05, 3.63) is 35.6 Å². The largest absolute Gasteiger partial charge is 0.394 e. The second kappa shape index (κ2) is 6.22. The lowest BCUT2D eigenvalue weighted by molar-refractivity contribution is 0.155. The third kappa shape index (κ3) is 3.93. The monoisotopic (exact) mass is 280 g/mol. The molecule has 1 atom stereocenters. The highest BCUT2D eigenvalue weighted by molar-refractivity contribution is 5.74. The average Bonchev–Trinajstić information content (AvgIpc) is 3.23. The molecule has 20 heavy (non-hydrogen) atoms. The summed E-state index contributed by atoms with van der Waals surface area (Å²) in [6, 6.07) is 6.05. The molecule has 1 saturated carbocycles. The van der Waals surface area contributed by atoms with Gasteiger partial charge in [0.1, 0.15) is 5.82 Å². The maximum absolute atomic E-state index is 13.0. The van der Waals surface area contributed by atoms with Crippen molar-refractivity contribution < 1.29 is 14.3 Å². The average molecular weight is 280 g/mol. The van der Waals surface area contributed by atoms with Crippen LogP contribution < -0.4 is 10.6 Å². The minimum atomic E-state index is -0.539. The minimum Gasteiger partial charge on any atom is -0.394 e. The van der Waals surface area contributed by atoms with E-state index in [1.165, 1.54) is 12.1 Å². The molecule has 1 aromatic carbocycles. The smallest absolute Gasteiger partial charge is 0.315 e. The summed E-state index contributed by atoms with van der Waals surface area (Å²) in [5, 5.41) is 15.0. The van der Waals surface area contributed by atoms with E-state index in [1.54, 1.807) is 6.07 Å². The van der Waals surface area contributed by atoms with Crippen LogP contribution in [0.5, 0.6) is 0 Å². The van der Waals surface area contributed by atoms with Gasteiger partial charge in [-0.25, -0.2) is 9.18 Å². The van der Waals surface area contributed by atoms with E-state index in [9.17, 15) is 14.3 Å². The Morgan fingerprint density at radius 3 is 2.85 bits per heavy atom. The van der Waals surface area contributed by atoms with Crippen LogP contribution in [0, 0.1) is 11.7 Å². The van der Waals surface area contributed by atoms with Crippen molar-refractivity contribution in [2.45, 2.75) is 31.7 Å². The van der Waals surface area contributed by atoms with Crippen molar-refractivity contribution in [2.75, 3.05) is 13.2 Å². The van der Waals surface area contributed by atoms with Crippen LogP contribution in [0.1, 0.15) is 25.3 Å². The number of carbonyl (C=O) groups is 1. The first-order valence-corrected chi connectivity index (χ1v) is 6.95. The molecule has 0 saturated heterocycles. The fourth-order valence-electron chi connectivity index (χ4n) is 2.31. The van der Waals surface area contributed by atoms with Crippen LogP contribution >= 0.6 is 0 Å². The first-order chi connectivity index (χ1) is 9.53. The number of hydrogen-bond donors (Lipinski definition) is 3. The van der Waals surface area contributed by atoms with Gasteiger partial charge in [-0.05, 0) is 49.8 Å². The van der Waals surface area contributed by atoms with Crippen LogP contribution in [-0.4, -0.2) is 29.8 Å². The third-order valence-corrected chi connectivity index (χ3v) is 3.79. The molecule has 1 fully saturated rings. The Balaban J connectivity index is 1.75. The number of benzene rings is 1. The summed E-state index contributed by atoms with van der Waals surface area (Å²) in [6.07, 6.45) is 2.66. The van der Waals surface area contributed by atoms with Crippen LogP contribution in [0.2, 0.25) is 0 Å². The van der Waals surface area contributed by atoms with Crippen molar-refractivity contribution in [2.24, 2.45) is 5.92 Å². The SMILES string of the molecule is CC(CO)(NC(=O)NCCc1cccc(F)c1)C1CC1. The molecule has 0 spiro atoms. The summed E-state index contributed by atoms with van der Waals surface area (Å²) >= 11 is 0. The van der Waals surface area contributed by atoms with Gasteiger partial charge in [0.25, 0.3) is 0 Å². The summed E-state index contributed by atoms with van der Waals surface area (Å²) in [6.45, 7) is 2.23.